The molecule has 3 N–H and O–H groups in total. The molecular weight excluding hydrogens is 510 g/mol. The van der Waals surface area contributed by atoms with Crippen LogP contribution in [0.2, 0.25) is 0 Å². The molecule has 5 rings (SSSR count). The Balaban J connectivity index is 1.60. The molecule has 1 unspecified atom stereocenters. The molecule has 9 heteroatoms. The first-order valence-electron chi connectivity index (χ1n) is 13.4. The lowest BCUT2D eigenvalue weighted by atomic mass is 9.95. The third-order valence-corrected chi connectivity index (χ3v) is 6.79. The predicted octanol–water partition coefficient (Wildman–Crippen LogP) is 5.86. The number of ketones is 1. The number of aromatic nitrogens is 2. The summed E-state index contributed by atoms with van der Waals surface area (Å²) in [6.07, 6.45) is 3.11. The zero-order valence-electron chi connectivity index (χ0n) is 22.4. The van der Waals surface area contributed by atoms with Gasteiger partial charge in [-0.1, -0.05) is 38.0 Å². The van der Waals surface area contributed by atoms with Crippen molar-refractivity contribution >= 4 is 34.4 Å². The average Bonchev–Trinajstić information content (AvgIpc) is 3.50. The van der Waals surface area contributed by atoms with Crippen LogP contribution < -0.4 is 14.4 Å². The maximum atomic E-state index is 13.5. The second kappa shape index (κ2) is 11.5. The molecule has 1 saturated heterocycles. The Morgan fingerprint density at radius 2 is 1.77 bits per heavy atom. The van der Waals surface area contributed by atoms with Crippen LogP contribution in [-0.2, 0) is 9.59 Å². The molecule has 0 spiro atoms. The van der Waals surface area contributed by atoms with Crippen molar-refractivity contribution in [3.05, 3.63) is 83.4 Å². The number of fused-ring (bicyclic) bond motifs is 1. The average molecular weight is 542 g/mol. The molecule has 1 fully saturated rings. The molecule has 0 radical (unpaired) electrons. The van der Waals surface area contributed by atoms with E-state index in [1.807, 2.05) is 18.2 Å². The molecule has 1 amide bonds. The minimum atomic E-state index is -1.04. The predicted molar refractivity (Wildman–Crippen MR) is 152 cm³/mol. The molecule has 4 aromatic rings. The minimum Gasteiger partial charge on any atom is -0.507 e. The van der Waals surface area contributed by atoms with Gasteiger partial charge in [-0.15, -0.1) is 0 Å². The number of amides is 1. The molecule has 206 valence electrons. The van der Waals surface area contributed by atoms with Gasteiger partial charge in [-0.25, -0.2) is 4.98 Å². The third kappa shape index (κ3) is 5.10. The number of hydrogen-bond donors (Lipinski definition) is 3. The van der Waals surface area contributed by atoms with Crippen LogP contribution in [0.5, 0.6) is 17.2 Å². The zero-order chi connectivity index (χ0) is 28.2. The fraction of sp³-hybridized carbons (Fsp3) is 0.258. The van der Waals surface area contributed by atoms with Gasteiger partial charge < -0.3 is 24.7 Å². The number of para-hydroxylation sites is 2. The van der Waals surface area contributed by atoms with Crippen LogP contribution in [0.3, 0.4) is 0 Å². The molecule has 3 aromatic carbocycles. The molecule has 1 atom stereocenters. The van der Waals surface area contributed by atoms with Gasteiger partial charge in [0.1, 0.15) is 11.5 Å². The molecular formula is C31H31N3O6. The van der Waals surface area contributed by atoms with E-state index >= 15 is 0 Å². The number of carbonyl (C=O) groups is 2. The van der Waals surface area contributed by atoms with E-state index in [-0.39, 0.29) is 28.8 Å². The van der Waals surface area contributed by atoms with Crippen LogP contribution in [0, 0.1) is 0 Å². The van der Waals surface area contributed by atoms with E-state index in [4.69, 9.17) is 9.47 Å². The molecule has 0 aliphatic carbocycles. The summed E-state index contributed by atoms with van der Waals surface area (Å²) >= 11 is 0. The number of nitrogens with one attached hydrogen (secondary N) is 1. The Labute approximate surface area is 231 Å². The fourth-order valence-corrected chi connectivity index (χ4v) is 4.80. The molecule has 1 aliphatic rings. The number of Topliss-reactive ketones (excluding diaryl/α,β-unsaturated/α-hetero) is 1. The summed E-state index contributed by atoms with van der Waals surface area (Å²) in [6, 6.07) is 17.6. The number of benzene rings is 3. The van der Waals surface area contributed by atoms with Gasteiger partial charge in [0.15, 0.2) is 11.5 Å². The molecule has 1 aliphatic heterocycles. The Kier molecular flexibility index (Phi) is 7.72. The first-order chi connectivity index (χ1) is 19.4. The Morgan fingerprint density at radius 1 is 1.00 bits per heavy atom. The summed E-state index contributed by atoms with van der Waals surface area (Å²) in [5.74, 6) is -1.10. The number of phenolic OH excluding ortho intramolecular Hbond substituents is 1. The largest absolute Gasteiger partial charge is 0.507 e. The van der Waals surface area contributed by atoms with Crippen LogP contribution in [-0.4, -0.2) is 45.1 Å². The fourth-order valence-electron chi connectivity index (χ4n) is 4.80. The topological polar surface area (TPSA) is 125 Å². The van der Waals surface area contributed by atoms with Gasteiger partial charge in [-0.3, -0.25) is 14.5 Å². The number of carbonyl (C=O) groups excluding carboxylic acids is 2. The maximum absolute atomic E-state index is 13.5. The van der Waals surface area contributed by atoms with E-state index in [1.54, 1.807) is 49.4 Å². The smallest absolute Gasteiger partial charge is 0.302 e. The second-order valence-corrected chi connectivity index (χ2v) is 9.49. The van der Waals surface area contributed by atoms with Crippen molar-refractivity contribution in [2.45, 2.75) is 39.2 Å². The van der Waals surface area contributed by atoms with Gasteiger partial charge in [0, 0.05) is 5.56 Å². The Hall–Kier alpha value is -4.79. The standard InChI is InChI=1S/C31H31N3O6/c1-3-5-8-17-40-21-14-11-19(12-15-21)28(36)26-27(20-13-16-24(35)25(18-20)39-4-2)34(30(38)29(26)37)31-32-22-9-6-7-10-23(22)33-31/h6-7,9-16,18,27,35-36H,3-5,8,17H2,1-2H3,(H,32,33)/b28-26+. The molecule has 1 aromatic heterocycles. The van der Waals surface area contributed by atoms with E-state index in [0.29, 0.717) is 41.1 Å². The van der Waals surface area contributed by atoms with E-state index < -0.39 is 17.7 Å². The van der Waals surface area contributed by atoms with Gasteiger partial charge in [0.25, 0.3) is 5.78 Å². The number of aliphatic hydroxyl groups excluding tert-OH is 1. The number of hydrogen-bond acceptors (Lipinski definition) is 7. The van der Waals surface area contributed by atoms with Crippen molar-refractivity contribution < 1.29 is 29.3 Å². The molecule has 2 heterocycles. The van der Waals surface area contributed by atoms with Crippen LogP contribution >= 0.6 is 0 Å². The van der Waals surface area contributed by atoms with Gasteiger partial charge in [0.2, 0.25) is 5.95 Å². The lowest BCUT2D eigenvalue weighted by molar-refractivity contribution is -0.132. The van der Waals surface area contributed by atoms with Crippen molar-refractivity contribution in [3.8, 4) is 17.2 Å². The van der Waals surface area contributed by atoms with Crippen molar-refractivity contribution in [1.82, 2.24) is 9.97 Å². The van der Waals surface area contributed by atoms with Crippen LogP contribution in [0.4, 0.5) is 5.95 Å². The van der Waals surface area contributed by atoms with E-state index in [1.165, 1.54) is 11.0 Å². The SMILES string of the molecule is CCCCCOc1ccc(/C(O)=C2\C(=O)C(=O)N(c3nc4ccccc4[nH]3)C2c2ccc(O)c(OCC)c2)cc1. The highest BCUT2D eigenvalue weighted by Crippen LogP contribution is 2.43. The van der Waals surface area contributed by atoms with Crippen LogP contribution in [0.25, 0.3) is 16.8 Å². The highest BCUT2D eigenvalue weighted by Gasteiger charge is 2.48. The van der Waals surface area contributed by atoms with Gasteiger partial charge >= 0.3 is 5.91 Å². The van der Waals surface area contributed by atoms with Crippen molar-refractivity contribution in [1.29, 1.82) is 0 Å². The summed E-state index contributed by atoms with van der Waals surface area (Å²) < 4.78 is 11.3. The van der Waals surface area contributed by atoms with Gasteiger partial charge in [-0.05, 0) is 67.4 Å². The minimum absolute atomic E-state index is 0.0826. The van der Waals surface area contributed by atoms with E-state index in [9.17, 15) is 19.8 Å². The molecule has 40 heavy (non-hydrogen) atoms. The van der Waals surface area contributed by atoms with Crippen LogP contribution in [0.15, 0.2) is 72.3 Å². The number of unbranched alkanes of at least 4 members (excludes halogenated alkanes) is 2. The second-order valence-electron chi connectivity index (χ2n) is 9.49. The summed E-state index contributed by atoms with van der Waals surface area (Å²) in [4.78, 5) is 35.9. The molecule has 0 saturated carbocycles. The monoisotopic (exact) mass is 541 g/mol. The third-order valence-electron chi connectivity index (χ3n) is 6.79. The highest BCUT2D eigenvalue weighted by atomic mass is 16.5. The van der Waals surface area contributed by atoms with Crippen molar-refractivity contribution in [2.24, 2.45) is 0 Å². The zero-order valence-corrected chi connectivity index (χ0v) is 22.4. The number of phenols is 1. The van der Waals surface area contributed by atoms with E-state index in [0.717, 1.165) is 19.3 Å². The number of rotatable bonds is 10. The lowest BCUT2D eigenvalue weighted by Crippen LogP contribution is -2.30. The van der Waals surface area contributed by atoms with Gasteiger partial charge in [0.05, 0.1) is 35.9 Å². The van der Waals surface area contributed by atoms with Crippen molar-refractivity contribution in [3.63, 3.8) is 0 Å². The van der Waals surface area contributed by atoms with Crippen molar-refractivity contribution in [2.75, 3.05) is 18.1 Å². The molecule has 9 nitrogen and oxygen atoms in total. The summed E-state index contributed by atoms with van der Waals surface area (Å²) in [7, 11) is 0. The number of ether oxygens (including phenoxy) is 2. The quantitative estimate of drug-likeness (QED) is 0.0993. The van der Waals surface area contributed by atoms with Gasteiger partial charge in [-0.2, -0.15) is 0 Å². The number of aliphatic hydroxyl groups is 1. The first-order valence-corrected chi connectivity index (χ1v) is 13.4. The number of aromatic amines is 1. The normalized spacial score (nSPS) is 16.6. The summed E-state index contributed by atoms with van der Waals surface area (Å²) in [5.41, 5.74) is 2.02. The summed E-state index contributed by atoms with van der Waals surface area (Å²) in [6.45, 7) is 4.79. The Bertz CT molecular complexity index is 1540. The Morgan fingerprint density at radius 3 is 2.50 bits per heavy atom. The lowest BCUT2D eigenvalue weighted by Gasteiger charge is -2.23. The maximum Gasteiger partial charge on any atom is 0.302 e. The van der Waals surface area contributed by atoms with Crippen LogP contribution in [0.1, 0.15) is 50.3 Å². The number of H-pyrrole nitrogens is 1. The summed E-state index contributed by atoms with van der Waals surface area (Å²) in [5, 5.41) is 21.7. The molecule has 0 bridgehead atoms. The first kappa shape index (κ1) is 26.8. The highest BCUT2D eigenvalue weighted by molar-refractivity contribution is 6.51. The number of aromatic hydroxyl groups is 1. The van der Waals surface area contributed by atoms with E-state index in [2.05, 4.69) is 16.9 Å². The number of nitrogens with zero attached hydrogens (tertiary/aromatic N) is 2. The number of imidazole rings is 1. The number of anilines is 1.